The van der Waals surface area contributed by atoms with Crippen molar-refractivity contribution in [2.75, 3.05) is 47.4 Å². The van der Waals surface area contributed by atoms with Gasteiger partial charge in [-0.2, -0.15) is 13.2 Å². The molecule has 0 saturated carbocycles. The van der Waals surface area contributed by atoms with Crippen molar-refractivity contribution in [3.63, 3.8) is 0 Å². The highest BCUT2D eigenvalue weighted by Crippen LogP contribution is 2.14. The Morgan fingerprint density at radius 1 is 1.40 bits per heavy atom. The molecule has 0 rings (SSSR count). The molecular weight excluding hydrogens is 388 g/mol. The Kier molecular flexibility index (Phi) is 12.5. The number of nitrogens with one attached hydrogen (secondary N) is 2. The van der Waals surface area contributed by atoms with Gasteiger partial charge in [0.05, 0.1) is 13.2 Å². The molecule has 0 heterocycles. The van der Waals surface area contributed by atoms with Crippen molar-refractivity contribution in [1.29, 1.82) is 0 Å². The lowest BCUT2D eigenvalue weighted by atomic mass is 10.4. The Hall–Kier alpha value is -0.290. The van der Waals surface area contributed by atoms with Gasteiger partial charge in [-0.3, -0.25) is 9.89 Å². The lowest BCUT2D eigenvalue weighted by Gasteiger charge is -2.21. The lowest BCUT2D eigenvalue weighted by Crippen LogP contribution is -2.46. The topological polar surface area (TPSA) is 48.9 Å². The molecule has 0 aromatic carbocycles. The minimum Gasteiger partial charge on any atom is -0.383 e. The molecule has 1 unspecified atom stereocenters. The number of guanidine groups is 1. The lowest BCUT2D eigenvalue weighted by molar-refractivity contribution is -0.142. The van der Waals surface area contributed by atoms with Gasteiger partial charge in [-0.15, -0.1) is 24.0 Å². The van der Waals surface area contributed by atoms with Crippen LogP contribution in [-0.4, -0.2) is 70.5 Å². The van der Waals surface area contributed by atoms with E-state index in [1.807, 2.05) is 6.92 Å². The van der Waals surface area contributed by atoms with E-state index in [1.54, 1.807) is 14.2 Å². The normalized spacial score (nSPS) is 13.9. The van der Waals surface area contributed by atoms with E-state index in [-0.39, 0.29) is 36.6 Å². The molecule has 1 atom stereocenters. The largest absolute Gasteiger partial charge is 0.401 e. The Bertz CT molecular complexity index is 277. The molecule has 0 aromatic heterocycles. The van der Waals surface area contributed by atoms with Gasteiger partial charge in [0.15, 0.2) is 5.96 Å². The first-order chi connectivity index (χ1) is 8.78. The van der Waals surface area contributed by atoms with Gasteiger partial charge in [-0.05, 0) is 14.0 Å². The van der Waals surface area contributed by atoms with Crippen LogP contribution in [0.25, 0.3) is 0 Å². The highest BCUT2D eigenvalue weighted by molar-refractivity contribution is 14.0. The van der Waals surface area contributed by atoms with Gasteiger partial charge in [0, 0.05) is 33.3 Å². The van der Waals surface area contributed by atoms with Crippen molar-refractivity contribution in [2.45, 2.75) is 19.1 Å². The molecule has 2 N–H and O–H groups in total. The Balaban J connectivity index is 0. The third-order valence-corrected chi connectivity index (χ3v) is 2.26. The number of aliphatic imine (C=N–C) groups is 1. The minimum absolute atomic E-state index is 0. The maximum Gasteiger partial charge on any atom is 0.401 e. The number of alkyl halides is 3. The summed E-state index contributed by atoms with van der Waals surface area (Å²) in [7, 11) is 4.63. The van der Waals surface area contributed by atoms with Crippen LogP contribution in [0.3, 0.4) is 0 Å². The fraction of sp³-hybridized carbons (Fsp3) is 0.909. The van der Waals surface area contributed by atoms with E-state index in [0.717, 1.165) is 0 Å². The standard InChI is InChI=1S/C11H23F3N4O.HI/c1-9(7-19-4)17-10(15-2)16-5-6-18(3)8-11(12,13)14;/h9H,5-8H2,1-4H3,(H2,15,16,17);1H. The summed E-state index contributed by atoms with van der Waals surface area (Å²) in [5, 5.41) is 6.01. The maximum atomic E-state index is 12.1. The minimum atomic E-state index is -4.17. The summed E-state index contributed by atoms with van der Waals surface area (Å²) in [5.74, 6) is 0.546. The van der Waals surface area contributed by atoms with Crippen molar-refractivity contribution >= 4 is 29.9 Å². The Morgan fingerprint density at radius 3 is 2.45 bits per heavy atom. The molecule has 0 saturated heterocycles. The van der Waals surface area contributed by atoms with Crippen molar-refractivity contribution in [1.82, 2.24) is 15.5 Å². The third-order valence-electron chi connectivity index (χ3n) is 2.26. The van der Waals surface area contributed by atoms with Crippen LogP contribution in [0.1, 0.15) is 6.92 Å². The molecule has 0 spiro atoms. The summed E-state index contributed by atoms with van der Waals surface area (Å²) in [6.45, 7) is 2.19. The number of hydrogen-bond acceptors (Lipinski definition) is 3. The zero-order chi connectivity index (χ0) is 14.9. The van der Waals surface area contributed by atoms with Crippen molar-refractivity contribution in [3.8, 4) is 0 Å². The van der Waals surface area contributed by atoms with Gasteiger partial charge < -0.3 is 15.4 Å². The highest BCUT2D eigenvalue weighted by atomic mass is 127. The van der Waals surface area contributed by atoms with Crippen LogP contribution < -0.4 is 10.6 Å². The van der Waals surface area contributed by atoms with Gasteiger partial charge in [0.1, 0.15) is 0 Å². The number of halogens is 4. The highest BCUT2D eigenvalue weighted by Gasteiger charge is 2.28. The van der Waals surface area contributed by atoms with Crippen LogP contribution in [0.4, 0.5) is 13.2 Å². The van der Waals surface area contributed by atoms with Gasteiger partial charge in [-0.1, -0.05) is 0 Å². The molecule has 20 heavy (non-hydrogen) atoms. The zero-order valence-electron chi connectivity index (χ0n) is 12.3. The average Bonchev–Trinajstić information content (AvgIpc) is 2.25. The van der Waals surface area contributed by atoms with Crippen LogP contribution in [0.2, 0.25) is 0 Å². The molecule has 5 nitrogen and oxygen atoms in total. The SMILES string of the molecule is CN=C(NCCN(C)CC(F)(F)F)NC(C)COC.I. The number of likely N-dealkylation sites (N-methyl/N-ethyl adjacent to an activating group) is 1. The first kappa shape index (κ1) is 22.0. The Morgan fingerprint density at radius 2 is 2.00 bits per heavy atom. The van der Waals surface area contributed by atoms with Gasteiger partial charge in [0.25, 0.3) is 0 Å². The summed E-state index contributed by atoms with van der Waals surface area (Å²) in [4.78, 5) is 5.19. The number of ether oxygens (including phenoxy) is 1. The molecule has 0 aliphatic rings. The summed E-state index contributed by atoms with van der Waals surface area (Å²) < 4.78 is 41.3. The second kappa shape index (κ2) is 11.4. The van der Waals surface area contributed by atoms with E-state index in [0.29, 0.717) is 19.1 Å². The predicted molar refractivity (Wildman–Crippen MR) is 84.8 cm³/mol. The van der Waals surface area contributed by atoms with Gasteiger partial charge in [-0.25, -0.2) is 0 Å². The molecule has 0 amide bonds. The summed E-state index contributed by atoms with van der Waals surface area (Å²) in [6, 6.07) is 0.0732. The number of hydrogen-bond donors (Lipinski definition) is 2. The second-order valence-electron chi connectivity index (χ2n) is 4.35. The van der Waals surface area contributed by atoms with Crippen LogP contribution in [0.5, 0.6) is 0 Å². The first-order valence-electron chi connectivity index (χ1n) is 6.00. The quantitative estimate of drug-likeness (QED) is 0.376. The maximum absolute atomic E-state index is 12.1. The zero-order valence-corrected chi connectivity index (χ0v) is 14.6. The van der Waals surface area contributed by atoms with Crippen molar-refractivity contribution in [2.24, 2.45) is 4.99 Å². The third kappa shape index (κ3) is 12.7. The molecule has 0 bridgehead atoms. The summed E-state index contributed by atoms with van der Waals surface area (Å²) in [5.41, 5.74) is 0. The number of nitrogens with zero attached hydrogens (tertiary/aromatic N) is 2. The van der Waals surface area contributed by atoms with Gasteiger partial charge in [0.2, 0.25) is 0 Å². The van der Waals surface area contributed by atoms with E-state index in [9.17, 15) is 13.2 Å². The van der Waals surface area contributed by atoms with Crippen LogP contribution in [0, 0.1) is 0 Å². The number of rotatable bonds is 7. The summed E-state index contributed by atoms with van der Waals surface area (Å²) in [6.07, 6.45) is -4.17. The van der Waals surface area contributed by atoms with Crippen LogP contribution in [-0.2, 0) is 4.74 Å². The molecule has 0 aromatic rings. The first-order valence-corrected chi connectivity index (χ1v) is 6.00. The van der Waals surface area contributed by atoms with Crippen LogP contribution in [0.15, 0.2) is 4.99 Å². The molecule has 122 valence electrons. The van der Waals surface area contributed by atoms with Crippen molar-refractivity contribution in [3.05, 3.63) is 0 Å². The van der Waals surface area contributed by atoms with Crippen molar-refractivity contribution < 1.29 is 17.9 Å². The Labute approximate surface area is 135 Å². The number of methoxy groups -OCH3 is 1. The van der Waals surface area contributed by atoms with E-state index in [1.165, 1.54) is 11.9 Å². The van der Waals surface area contributed by atoms with E-state index >= 15 is 0 Å². The predicted octanol–water partition coefficient (Wildman–Crippen LogP) is 1.30. The second-order valence-corrected chi connectivity index (χ2v) is 4.35. The molecule has 0 fully saturated rings. The van der Waals surface area contributed by atoms with Gasteiger partial charge >= 0.3 is 6.18 Å². The molecule has 9 heteroatoms. The molecule has 0 aliphatic carbocycles. The average molecular weight is 412 g/mol. The molecule has 0 radical (unpaired) electrons. The van der Waals surface area contributed by atoms with E-state index in [4.69, 9.17) is 4.74 Å². The van der Waals surface area contributed by atoms with Crippen LogP contribution >= 0.6 is 24.0 Å². The monoisotopic (exact) mass is 412 g/mol. The summed E-state index contributed by atoms with van der Waals surface area (Å²) >= 11 is 0. The molecular formula is C11H24F3IN4O. The van der Waals surface area contributed by atoms with E-state index < -0.39 is 12.7 Å². The fourth-order valence-electron chi connectivity index (χ4n) is 1.47. The molecule has 0 aliphatic heterocycles. The fourth-order valence-corrected chi connectivity index (χ4v) is 1.47. The van der Waals surface area contributed by atoms with E-state index in [2.05, 4.69) is 15.6 Å². The smallest absolute Gasteiger partial charge is 0.383 e.